The molecule has 1 aliphatic rings. The van der Waals surface area contributed by atoms with Crippen LogP contribution in [0.25, 0.3) is 0 Å². The van der Waals surface area contributed by atoms with E-state index in [0.717, 1.165) is 39.1 Å². The van der Waals surface area contributed by atoms with Gasteiger partial charge in [-0.3, -0.25) is 0 Å². The molecule has 1 aliphatic heterocycles. The molecular formula is C17H28N2O4S. The Morgan fingerprint density at radius 3 is 2.46 bits per heavy atom. The molecule has 2 rings (SSSR count). The number of benzene rings is 1. The zero-order chi connectivity index (χ0) is 17.4. The second-order valence-electron chi connectivity index (χ2n) is 6.03. The summed E-state index contributed by atoms with van der Waals surface area (Å²) in [5.41, 5.74) is 0. The molecule has 1 heterocycles. The van der Waals surface area contributed by atoms with E-state index < -0.39 is 10.0 Å². The van der Waals surface area contributed by atoms with Crippen molar-refractivity contribution in [2.24, 2.45) is 5.92 Å². The van der Waals surface area contributed by atoms with Crippen LogP contribution in [0, 0.1) is 5.92 Å². The summed E-state index contributed by atoms with van der Waals surface area (Å²) < 4.78 is 37.9. The van der Waals surface area contributed by atoms with Gasteiger partial charge in [0, 0.05) is 20.2 Å². The summed E-state index contributed by atoms with van der Waals surface area (Å²) in [5, 5.41) is 0. The van der Waals surface area contributed by atoms with E-state index in [0.29, 0.717) is 24.8 Å². The van der Waals surface area contributed by atoms with E-state index in [1.165, 1.54) is 0 Å². The molecular weight excluding hydrogens is 328 g/mol. The van der Waals surface area contributed by atoms with E-state index in [1.807, 2.05) is 6.92 Å². The first-order valence-corrected chi connectivity index (χ1v) is 9.97. The van der Waals surface area contributed by atoms with Crippen LogP contribution in [0.1, 0.15) is 19.8 Å². The molecule has 1 fully saturated rings. The van der Waals surface area contributed by atoms with Crippen molar-refractivity contribution >= 4 is 10.0 Å². The van der Waals surface area contributed by atoms with Crippen LogP contribution in [0.3, 0.4) is 0 Å². The average Bonchev–Trinajstić information content (AvgIpc) is 2.60. The van der Waals surface area contributed by atoms with Gasteiger partial charge in [-0.25, -0.2) is 13.1 Å². The molecule has 7 heteroatoms. The first kappa shape index (κ1) is 19.2. The Kier molecular flexibility index (Phi) is 7.48. The monoisotopic (exact) mass is 356 g/mol. The van der Waals surface area contributed by atoms with E-state index in [-0.39, 0.29) is 4.90 Å². The maximum Gasteiger partial charge on any atom is 0.240 e. The molecule has 0 atom stereocenters. The van der Waals surface area contributed by atoms with E-state index in [9.17, 15) is 8.42 Å². The predicted octanol–water partition coefficient (Wildman–Crippen LogP) is 1.72. The van der Waals surface area contributed by atoms with E-state index in [1.54, 1.807) is 31.4 Å². The van der Waals surface area contributed by atoms with Gasteiger partial charge in [-0.2, -0.15) is 0 Å². The van der Waals surface area contributed by atoms with E-state index in [4.69, 9.17) is 9.47 Å². The van der Waals surface area contributed by atoms with Crippen molar-refractivity contribution < 1.29 is 17.9 Å². The highest BCUT2D eigenvalue weighted by molar-refractivity contribution is 7.89. The summed E-state index contributed by atoms with van der Waals surface area (Å²) >= 11 is 0. The highest BCUT2D eigenvalue weighted by atomic mass is 32.2. The Bertz CT molecular complexity index is 581. The minimum absolute atomic E-state index is 0.281. The van der Waals surface area contributed by atoms with Gasteiger partial charge in [-0.1, -0.05) is 0 Å². The Hall–Kier alpha value is -1.15. The normalized spacial score (nSPS) is 17.1. The third-order valence-electron chi connectivity index (χ3n) is 4.33. The number of sulfonamides is 1. The number of likely N-dealkylation sites (tertiary alicyclic amines) is 1. The number of nitrogens with zero attached hydrogens (tertiary/aromatic N) is 1. The molecule has 0 bridgehead atoms. The Morgan fingerprint density at radius 2 is 1.88 bits per heavy atom. The van der Waals surface area contributed by atoms with Crippen molar-refractivity contribution in [2.75, 3.05) is 46.5 Å². The lowest BCUT2D eigenvalue weighted by molar-refractivity contribution is 0.121. The molecule has 1 saturated heterocycles. The molecule has 0 spiro atoms. The molecule has 24 heavy (non-hydrogen) atoms. The summed E-state index contributed by atoms with van der Waals surface area (Å²) in [7, 11) is -1.75. The highest BCUT2D eigenvalue weighted by Crippen LogP contribution is 2.19. The van der Waals surface area contributed by atoms with Crippen LogP contribution in [0.4, 0.5) is 0 Å². The number of methoxy groups -OCH3 is 1. The van der Waals surface area contributed by atoms with Crippen molar-refractivity contribution in [2.45, 2.75) is 24.7 Å². The maximum atomic E-state index is 12.4. The van der Waals surface area contributed by atoms with Crippen LogP contribution in [-0.2, 0) is 14.8 Å². The van der Waals surface area contributed by atoms with Gasteiger partial charge >= 0.3 is 0 Å². The zero-order valence-corrected chi connectivity index (χ0v) is 15.3. The Balaban J connectivity index is 1.80. The standard InChI is InChI=1S/C17H28N2O4S/c1-3-23-16-4-6-17(7-5-16)24(20,21)18-14-15-8-10-19(11-9-15)12-13-22-2/h4-7,15,18H,3,8-14H2,1-2H3. The molecule has 0 saturated carbocycles. The van der Waals surface area contributed by atoms with E-state index in [2.05, 4.69) is 9.62 Å². The number of nitrogens with one attached hydrogen (secondary N) is 1. The van der Waals surface area contributed by atoms with Crippen LogP contribution >= 0.6 is 0 Å². The van der Waals surface area contributed by atoms with E-state index >= 15 is 0 Å². The highest BCUT2D eigenvalue weighted by Gasteiger charge is 2.21. The molecule has 0 amide bonds. The minimum atomic E-state index is -3.46. The quantitative estimate of drug-likeness (QED) is 0.730. The Labute approximate surface area is 145 Å². The second kappa shape index (κ2) is 9.36. The number of hydrogen-bond acceptors (Lipinski definition) is 5. The molecule has 1 N–H and O–H groups in total. The van der Waals surface area contributed by atoms with Crippen LogP contribution in [0.5, 0.6) is 5.75 Å². The third-order valence-corrected chi connectivity index (χ3v) is 5.77. The molecule has 1 aromatic rings. The first-order valence-electron chi connectivity index (χ1n) is 8.49. The summed E-state index contributed by atoms with van der Waals surface area (Å²) in [6.45, 7) is 6.64. The first-order chi connectivity index (χ1) is 11.5. The zero-order valence-electron chi connectivity index (χ0n) is 14.5. The van der Waals surface area contributed by atoms with Crippen LogP contribution in [-0.4, -0.2) is 59.8 Å². The van der Waals surface area contributed by atoms with Crippen LogP contribution in [0.15, 0.2) is 29.2 Å². The number of rotatable bonds is 9. The molecule has 6 nitrogen and oxygen atoms in total. The second-order valence-corrected chi connectivity index (χ2v) is 7.80. The number of hydrogen-bond donors (Lipinski definition) is 1. The fourth-order valence-electron chi connectivity index (χ4n) is 2.83. The van der Waals surface area contributed by atoms with Gasteiger partial charge < -0.3 is 14.4 Å². The SMILES string of the molecule is CCOc1ccc(S(=O)(=O)NCC2CCN(CCOC)CC2)cc1. The van der Waals surface area contributed by atoms with Crippen molar-refractivity contribution in [3.63, 3.8) is 0 Å². The van der Waals surface area contributed by atoms with Gasteiger partial charge in [0.25, 0.3) is 0 Å². The molecule has 0 aliphatic carbocycles. The molecule has 136 valence electrons. The van der Waals surface area contributed by atoms with Gasteiger partial charge in [0.15, 0.2) is 0 Å². The van der Waals surface area contributed by atoms with Crippen molar-refractivity contribution in [3.8, 4) is 5.75 Å². The van der Waals surface area contributed by atoms with Crippen LogP contribution in [0.2, 0.25) is 0 Å². The molecule has 0 aromatic heterocycles. The van der Waals surface area contributed by atoms with Crippen LogP contribution < -0.4 is 9.46 Å². The van der Waals surface area contributed by atoms with Crippen molar-refractivity contribution in [3.05, 3.63) is 24.3 Å². The van der Waals surface area contributed by atoms with Gasteiger partial charge in [0.2, 0.25) is 10.0 Å². The lowest BCUT2D eigenvalue weighted by Gasteiger charge is -2.31. The van der Waals surface area contributed by atoms with Gasteiger partial charge in [-0.15, -0.1) is 0 Å². The van der Waals surface area contributed by atoms with Gasteiger partial charge in [0.1, 0.15) is 5.75 Å². The number of ether oxygens (including phenoxy) is 2. The lowest BCUT2D eigenvalue weighted by Crippen LogP contribution is -2.39. The summed E-state index contributed by atoms with van der Waals surface area (Å²) in [6, 6.07) is 6.54. The molecule has 0 radical (unpaired) electrons. The van der Waals surface area contributed by atoms with Crippen molar-refractivity contribution in [1.29, 1.82) is 0 Å². The summed E-state index contributed by atoms with van der Waals surface area (Å²) in [4.78, 5) is 2.64. The van der Waals surface area contributed by atoms with Crippen molar-refractivity contribution in [1.82, 2.24) is 9.62 Å². The fraction of sp³-hybridized carbons (Fsp3) is 0.647. The topological polar surface area (TPSA) is 67.9 Å². The molecule has 0 unspecified atom stereocenters. The molecule has 1 aromatic carbocycles. The number of piperidine rings is 1. The summed E-state index contributed by atoms with van der Waals surface area (Å²) in [6.07, 6.45) is 2.02. The smallest absolute Gasteiger partial charge is 0.240 e. The minimum Gasteiger partial charge on any atom is -0.494 e. The fourth-order valence-corrected chi connectivity index (χ4v) is 3.94. The van der Waals surface area contributed by atoms with Gasteiger partial charge in [-0.05, 0) is 63.0 Å². The maximum absolute atomic E-state index is 12.4. The predicted molar refractivity (Wildman–Crippen MR) is 93.8 cm³/mol. The largest absolute Gasteiger partial charge is 0.494 e. The lowest BCUT2D eigenvalue weighted by atomic mass is 9.97. The average molecular weight is 356 g/mol. The Morgan fingerprint density at radius 1 is 1.21 bits per heavy atom. The van der Waals surface area contributed by atoms with Gasteiger partial charge in [0.05, 0.1) is 18.1 Å². The summed E-state index contributed by atoms with van der Waals surface area (Å²) in [5.74, 6) is 1.07. The third kappa shape index (κ3) is 5.73.